The van der Waals surface area contributed by atoms with E-state index >= 15 is 0 Å². The van der Waals surface area contributed by atoms with E-state index in [0.29, 0.717) is 12.4 Å². The predicted octanol–water partition coefficient (Wildman–Crippen LogP) is 2.89. The number of imide groups is 1. The van der Waals surface area contributed by atoms with Crippen molar-refractivity contribution in [3.8, 4) is 5.75 Å². The SMILES string of the molecule is COC12C(=O)N(C)C(=O)[N+](C)(OC)C1N=C(C=Cc1ccc(OCc3ccccc3)cc1)N2C. The van der Waals surface area contributed by atoms with Crippen LogP contribution in [-0.2, 0) is 21.0 Å². The molecule has 2 aromatic carbocycles. The fourth-order valence-electron chi connectivity index (χ4n) is 4.32. The van der Waals surface area contributed by atoms with Gasteiger partial charge in [-0.15, -0.1) is 0 Å². The first-order valence-corrected chi connectivity index (χ1v) is 10.8. The molecular weight excluding hydrogens is 436 g/mol. The number of benzene rings is 2. The molecule has 0 bridgehead atoms. The van der Waals surface area contributed by atoms with Gasteiger partial charge in [0.15, 0.2) is 0 Å². The fraction of sp³-hybridized carbons (Fsp3) is 0.320. The van der Waals surface area contributed by atoms with Crippen molar-refractivity contribution in [1.82, 2.24) is 9.80 Å². The van der Waals surface area contributed by atoms with E-state index in [-0.39, 0.29) is 0 Å². The number of ether oxygens (including phenoxy) is 2. The Morgan fingerprint density at radius 2 is 1.71 bits per heavy atom. The number of amidine groups is 1. The fourth-order valence-corrected chi connectivity index (χ4v) is 4.32. The number of quaternary nitrogens is 1. The van der Waals surface area contributed by atoms with Gasteiger partial charge in [0.1, 0.15) is 25.2 Å². The van der Waals surface area contributed by atoms with Crippen LogP contribution in [0.3, 0.4) is 0 Å². The van der Waals surface area contributed by atoms with E-state index in [0.717, 1.165) is 21.8 Å². The lowest BCUT2D eigenvalue weighted by molar-refractivity contribution is -1.05. The smallest absolute Gasteiger partial charge is 0.460 e. The van der Waals surface area contributed by atoms with Crippen LogP contribution in [0.15, 0.2) is 65.7 Å². The zero-order chi connectivity index (χ0) is 24.5. The molecule has 4 rings (SSSR count). The number of nitrogens with zero attached hydrogens (tertiary/aromatic N) is 4. The minimum Gasteiger partial charge on any atom is -0.489 e. The third-order valence-corrected chi connectivity index (χ3v) is 6.43. The second-order valence-electron chi connectivity index (χ2n) is 8.32. The number of carbonyl (C=O) groups is 2. The molecule has 1 fully saturated rings. The third kappa shape index (κ3) is 3.67. The van der Waals surface area contributed by atoms with Crippen molar-refractivity contribution in [3.63, 3.8) is 0 Å². The molecule has 2 aliphatic heterocycles. The van der Waals surface area contributed by atoms with Gasteiger partial charge < -0.3 is 14.4 Å². The average Bonchev–Trinajstić information content (AvgIpc) is 3.17. The van der Waals surface area contributed by atoms with E-state index < -0.39 is 28.5 Å². The number of fused-ring (bicyclic) bond motifs is 1. The van der Waals surface area contributed by atoms with Crippen LogP contribution in [0.4, 0.5) is 4.79 Å². The van der Waals surface area contributed by atoms with Gasteiger partial charge in [0.25, 0.3) is 12.1 Å². The Morgan fingerprint density at radius 1 is 1.03 bits per heavy atom. The molecule has 9 heteroatoms. The number of likely N-dealkylation sites (N-methyl/N-ethyl adjacent to an activating group) is 3. The molecule has 0 aromatic heterocycles. The summed E-state index contributed by atoms with van der Waals surface area (Å²) in [6.45, 7) is 0.496. The highest BCUT2D eigenvalue weighted by molar-refractivity contribution is 6.06. The normalized spacial score (nSPS) is 26.7. The van der Waals surface area contributed by atoms with Crippen LogP contribution in [0.25, 0.3) is 6.08 Å². The Hall–Kier alpha value is -3.53. The van der Waals surface area contributed by atoms with Gasteiger partial charge in [0.2, 0.25) is 0 Å². The van der Waals surface area contributed by atoms with Crippen LogP contribution in [0.2, 0.25) is 0 Å². The molecule has 34 heavy (non-hydrogen) atoms. The van der Waals surface area contributed by atoms with Crippen molar-refractivity contribution in [3.05, 3.63) is 71.8 Å². The standard InChI is InChI=1S/C25H29N4O5/c1-27-23(30)25(32-4)22(29(3,33-5)24(27)31)26-21(28(25)2)16-13-18-11-14-20(15-12-18)34-17-19-9-7-6-8-10-19/h6-16,22H,17H2,1-5H3/q+1. The van der Waals surface area contributed by atoms with Crippen molar-refractivity contribution in [2.45, 2.75) is 18.5 Å². The zero-order valence-electron chi connectivity index (χ0n) is 20.0. The summed E-state index contributed by atoms with van der Waals surface area (Å²) in [6, 6.07) is 17.1. The number of aliphatic imine (C=N–C) groups is 1. The molecule has 0 aliphatic carbocycles. The number of amides is 3. The van der Waals surface area contributed by atoms with Crippen molar-refractivity contribution < 1.29 is 28.5 Å². The molecular formula is C25H29N4O5+. The quantitative estimate of drug-likeness (QED) is 0.585. The Morgan fingerprint density at radius 3 is 2.32 bits per heavy atom. The minimum atomic E-state index is -1.50. The maximum absolute atomic E-state index is 13.2. The van der Waals surface area contributed by atoms with Crippen LogP contribution < -0.4 is 4.74 Å². The van der Waals surface area contributed by atoms with Crippen LogP contribution in [-0.4, -0.2) is 79.5 Å². The van der Waals surface area contributed by atoms with E-state index in [1.807, 2.05) is 60.7 Å². The molecule has 178 valence electrons. The summed E-state index contributed by atoms with van der Waals surface area (Å²) in [7, 11) is 7.55. The van der Waals surface area contributed by atoms with Crippen molar-refractivity contribution in [2.75, 3.05) is 35.4 Å². The topological polar surface area (TPSA) is 80.7 Å². The van der Waals surface area contributed by atoms with E-state index in [1.165, 1.54) is 21.3 Å². The first kappa shape index (κ1) is 23.6. The van der Waals surface area contributed by atoms with Crippen LogP contribution in [0.5, 0.6) is 5.75 Å². The summed E-state index contributed by atoms with van der Waals surface area (Å²) in [5, 5.41) is 0. The second-order valence-corrected chi connectivity index (χ2v) is 8.32. The highest BCUT2D eigenvalue weighted by Gasteiger charge is 2.72. The monoisotopic (exact) mass is 465 g/mol. The van der Waals surface area contributed by atoms with Crippen LogP contribution >= 0.6 is 0 Å². The number of urea groups is 1. The Bertz CT molecular complexity index is 1130. The molecule has 2 aromatic rings. The Balaban J connectivity index is 1.54. The minimum absolute atomic E-state index is 0.493. The van der Waals surface area contributed by atoms with Gasteiger partial charge in [-0.3, -0.25) is 4.79 Å². The van der Waals surface area contributed by atoms with Gasteiger partial charge >= 0.3 is 11.8 Å². The van der Waals surface area contributed by atoms with Crippen molar-refractivity contribution in [1.29, 1.82) is 0 Å². The van der Waals surface area contributed by atoms with E-state index in [4.69, 9.17) is 14.3 Å². The molecule has 0 N–H and O–H groups in total. The summed E-state index contributed by atoms with van der Waals surface area (Å²) >= 11 is 0. The highest BCUT2D eigenvalue weighted by atomic mass is 16.7. The molecule has 3 atom stereocenters. The number of hydroxylamine groups is 3. The maximum atomic E-state index is 13.2. The van der Waals surface area contributed by atoms with Crippen molar-refractivity contribution >= 4 is 23.8 Å². The lowest BCUT2D eigenvalue weighted by atomic mass is 10.0. The van der Waals surface area contributed by atoms with E-state index in [1.54, 1.807) is 25.1 Å². The largest absolute Gasteiger partial charge is 0.489 e. The Labute approximate surface area is 199 Å². The lowest BCUT2D eigenvalue weighted by Crippen LogP contribution is -2.78. The first-order valence-electron chi connectivity index (χ1n) is 10.8. The summed E-state index contributed by atoms with van der Waals surface area (Å²) < 4.78 is 11.0. The van der Waals surface area contributed by atoms with Crippen molar-refractivity contribution in [2.24, 2.45) is 4.99 Å². The molecule has 2 heterocycles. The number of methoxy groups -OCH3 is 1. The summed E-state index contributed by atoms with van der Waals surface area (Å²) in [6.07, 6.45) is 2.75. The van der Waals surface area contributed by atoms with Crippen LogP contribution in [0, 0.1) is 0 Å². The zero-order valence-corrected chi connectivity index (χ0v) is 20.0. The summed E-state index contributed by atoms with van der Waals surface area (Å²) in [5.41, 5.74) is 0.526. The number of rotatable bonds is 7. The number of hydrogen-bond donors (Lipinski definition) is 0. The molecule has 3 amide bonds. The van der Waals surface area contributed by atoms with Gasteiger partial charge in [0.05, 0.1) is 7.11 Å². The van der Waals surface area contributed by atoms with E-state index in [9.17, 15) is 9.59 Å². The lowest BCUT2D eigenvalue weighted by Gasteiger charge is -2.47. The molecule has 3 unspecified atom stereocenters. The third-order valence-electron chi connectivity index (χ3n) is 6.43. The van der Waals surface area contributed by atoms with Gasteiger partial charge in [-0.2, -0.15) is 4.84 Å². The summed E-state index contributed by atoms with van der Waals surface area (Å²) in [4.78, 5) is 38.9. The molecule has 0 spiro atoms. The second kappa shape index (κ2) is 9.02. The van der Waals surface area contributed by atoms with Gasteiger partial charge in [-0.05, 0) is 29.3 Å². The molecule has 9 nitrogen and oxygen atoms in total. The molecule has 0 radical (unpaired) electrons. The number of carbonyl (C=O) groups excluding carboxylic acids is 2. The first-order chi connectivity index (χ1) is 16.3. The molecule has 2 aliphatic rings. The molecule has 1 saturated heterocycles. The van der Waals surface area contributed by atoms with Gasteiger partial charge in [-0.25, -0.2) is 14.7 Å². The van der Waals surface area contributed by atoms with E-state index in [2.05, 4.69) is 4.99 Å². The number of hydrogen-bond acceptors (Lipinski definition) is 7. The molecule has 0 saturated carbocycles. The summed E-state index contributed by atoms with van der Waals surface area (Å²) in [5.74, 6) is 0.766. The van der Waals surface area contributed by atoms with Crippen LogP contribution in [0.1, 0.15) is 11.1 Å². The average molecular weight is 466 g/mol. The predicted molar refractivity (Wildman–Crippen MR) is 126 cm³/mol. The van der Waals surface area contributed by atoms with Gasteiger partial charge in [-0.1, -0.05) is 53.2 Å². The van der Waals surface area contributed by atoms with Gasteiger partial charge in [0, 0.05) is 21.2 Å². The highest BCUT2D eigenvalue weighted by Crippen LogP contribution is 2.41. The Kier molecular flexibility index (Phi) is 6.26. The maximum Gasteiger partial charge on any atom is 0.460 e.